The summed E-state index contributed by atoms with van der Waals surface area (Å²) in [6.45, 7) is 0.548. The molecular formula is C19H21F3N2O2. The van der Waals surface area contributed by atoms with Crippen LogP contribution in [0.25, 0.3) is 0 Å². The summed E-state index contributed by atoms with van der Waals surface area (Å²) in [5.74, 6) is 0.532. The van der Waals surface area contributed by atoms with E-state index < -0.39 is 11.7 Å². The molecule has 140 valence electrons. The van der Waals surface area contributed by atoms with Crippen LogP contribution in [-0.2, 0) is 17.4 Å². The normalized spacial score (nSPS) is 11.1. The van der Waals surface area contributed by atoms with Gasteiger partial charge in [0, 0.05) is 25.2 Å². The van der Waals surface area contributed by atoms with Crippen LogP contribution in [0.4, 0.5) is 18.9 Å². The van der Waals surface area contributed by atoms with Gasteiger partial charge in [0.1, 0.15) is 5.75 Å². The summed E-state index contributed by atoms with van der Waals surface area (Å²) in [5, 5.41) is 5.43. The van der Waals surface area contributed by atoms with Gasteiger partial charge in [-0.15, -0.1) is 0 Å². The van der Waals surface area contributed by atoms with Gasteiger partial charge in [0.15, 0.2) is 0 Å². The number of benzene rings is 2. The minimum atomic E-state index is -4.43. The fraction of sp³-hybridized carbons (Fsp3) is 0.316. The minimum absolute atomic E-state index is 0.0261. The number of para-hydroxylation sites is 2. The fourth-order valence-electron chi connectivity index (χ4n) is 2.53. The lowest BCUT2D eigenvalue weighted by atomic mass is 10.1. The average Bonchev–Trinajstić information content (AvgIpc) is 2.61. The highest BCUT2D eigenvalue weighted by molar-refractivity contribution is 5.76. The van der Waals surface area contributed by atoms with Crippen molar-refractivity contribution in [3.8, 4) is 5.75 Å². The van der Waals surface area contributed by atoms with Crippen LogP contribution in [-0.4, -0.2) is 26.1 Å². The summed E-state index contributed by atoms with van der Waals surface area (Å²) in [7, 11) is 1.59. The third-order valence-corrected chi connectivity index (χ3v) is 3.81. The molecule has 2 N–H and O–H groups in total. The third kappa shape index (κ3) is 5.68. The molecule has 26 heavy (non-hydrogen) atoms. The van der Waals surface area contributed by atoms with Gasteiger partial charge in [-0.3, -0.25) is 4.79 Å². The Morgan fingerprint density at radius 2 is 1.73 bits per heavy atom. The van der Waals surface area contributed by atoms with Crippen LogP contribution in [0, 0.1) is 0 Å². The van der Waals surface area contributed by atoms with Gasteiger partial charge in [0.2, 0.25) is 5.91 Å². The first-order valence-electron chi connectivity index (χ1n) is 8.20. The molecule has 0 bridgehead atoms. The number of carbonyl (C=O) groups excluding carboxylic acids is 1. The van der Waals surface area contributed by atoms with Crippen LogP contribution >= 0.6 is 0 Å². The van der Waals surface area contributed by atoms with E-state index in [9.17, 15) is 18.0 Å². The fourth-order valence-corrected chi connectivity index (χ4v) is 2.53. The van der Waals surface area contributed by atoms with Crippen molar-refractivity contribution in [3.05, 3.63) is 59.7 Å². The number of methoxy groups -OCH3 is 1. The van der Waals surface area contributed by atoms with E-state index in [1.165, 1.54) is 18.2 Å². The molecule has 1 amide bonds. The quantitative estimate of drug-likeness (QED) is 0.746. The summed E-state index contributed by atoms with van der Waals surface area (Å²) in [6.07, 6.45) is -3.74. The molecule has 0 spiro atoms. The standard InChI is InChI=1S/C19H21F3N2O2/c1-26-17-9-5-2-6-14(17)10-12-24-18(25)11-13-23-16-8-4-3-7-15(16)19(20,21)22/h2-9,23H,10-13H2,1H3,(H,24,25). The average molecular weight is 366 g/mol. The summed E-state index contributed by atoms with van der Waals surface area (Å²) in [5.41, 5.74) is 0.214. The Bertz CT molecular complexity index is 733. The van der Waals surface area contributed by atoms with Crippen molar-refractivity contribution in [2.45, 2.75) is 19.0 Å². The molecule has 0 aliphatic carbocycles. The Balaban J connectivity index is 1.76. The molecule has 0 aliphatic rings. The molecule has 0 heterocycles. The first-order chi connectivity index (χ1) is 12.4. The number of halogens is 3. The molecule has 0 fully saturated rings. The topological polar surface area (TPSA) is 50.4 Å². The number of hydrogen-bond donors (Lipinski definition) is 2. The lowest BCUT2D eigenvalue weighted by Gasteiger charge is -2.14. The van der Waals surface area contributed by atoms with Gasteiger partial charge in [0.05, 0.1) is 12.7 Å². The molecule has 2 aromatic carbocycles. The van der Waals surface area contributed by atoms with Gasteiger partial charge in [-0.25, -0.2) is 0 Å². The van der Waals surface area contributed by atoms with E-state index in [1.54, 1.807) is 7.11 Å². The van der Waals surface area contributed by atoms with Gasteiger partial charge >= 0.3 is 6.18 Å². The van der Waals surface area contributed by atoms with E-state index in [0.29, 0.717) is 13.0 Å². The molecule has 0 saturated carbocycles. The minimum Gasteiger partial charge on any atom is -0.496 e. The Morgan fingerprint density at radius 3 is 2.46 bits per heavy atom. The maximum atomic E-state index is 12.9. The van der Waals surface area contributed by atoms with Crippen molar-refractivity contribution in [2.24, 2.45) is 0 Å². The number of ether oxygens (including phenoxy) is 1. The molecule has 0 atom stereocenters. The third-order valence-electron chi connectivity index (χ3n) is 3.81. The SMILES string of the molecule is COc1ccccc1CCNC(=O)CCNc1ccccc1C(F)(F)F. The van der Waals surface area contributed by atoms with E-state index >= 15 is 0 Å². The first kappa shape index (κ1) is 19.6. The summed E-state index contributed by atoms with van der Waals surface area (Å²) < 4.78 is 43.9. The number of rotatable bonds is 8. The first-order valence-corrected chi connectivity index (χ1v) is 8.20. The number of hydrogen-bond acceptors (Lipinski definition) is 3. The Morgan fingerprint density at radius 1 is 1.04 bits per heavy atom. The number of anilines is 1. The molecule has 0 unspecified atom stereocenters. The molecule has 2 aromatic rings. The largest absolute Gasteiger partial charge is 0.496 e. The van der Waals surface area contributed by atoms with Crippen LogP contribution in [0.3, 0.4) is 0 Å². The maximum absolute atomic E-state index is 12.9. The Labute approximate surface area is 150 Å². The highest BCUT2D eigenvalue weighted by Crippen LogP contribution is 2.34. The monoisotopic (exact) mass is 366 g/mol. The zero-order chi connectivity index (χ0) is 19.0. The number of amides is 1. The molecular weight excluding hydrogens is 345 g/mol. The smallest absolute Gasteiger partial charge is 0.418 e. The highest BCUT2D eigenvalue weighted by atomic mass is 19.4. The van der Waals surface area contributed by atoms with Gasteiger partial charge in [-0.2, -0.15) is 13.2 Å². The zero-order valence-electron chi connectivity index (χ0n) is 14.4. The lowest BCUT2D eigenvalue weighted by Crippen LogP contribution is -2.27. The van der Waals surface area contributed by atoms with Gasteiger partial charge in [-0.1, -0.05) is 30.3 Å². The van der Waals surface area contributed by atoms with Crippen molar-refractivity contribution in [2.75, 3.05) is 25.5 Å². The van der Waals surface area contributed by atoms with Crippen LogP contribution < -0.4 is 15.4 Å². The van der Waals surface area contributed by atoms with Crippen molar-refractivity contribution in [1.82, 2.24) is 5.32 Å². The van der Waals surface area contributed by atoms with E-state index in [1.807, 2.05) is 24.3 Å². The second-order valence-corrected chi connectivity index (χ2v) is 5.63. The second-order valence-electron chi connectivity index (χ2n) is 5.63. The second kappa shape index (κ2) is 9.12. The lowest BCUT2D eigenvalue weighted by molar-refractivity contribution is -0.137. The van der Waals surface area contributed by atoms with Gasteiger partial charge in [-0.05, 0) is 30.2 Å². The Kier molecular flexibility index (Phi) is 6.89. The Hall–Kier alpha value is -2.70. The summed E-state index contributed by atoms with van der Waals surface area (Å²) in [6, 6.07) is 12.7. The molecule has 0 saturated heterocycles. The van der Waals surface area contributed by atoms with Crippen LogP contribution in [0.1, 0.15) is 17.5 Å². The molecule has 2 rings (SSSR count). The summed E-state index contributed by atoms with van der Waals surface area (Å²) in [4.78, 5) is 11.9. The number of alkyl halides is 3. The van der Waals surface area contributed by atoms with Crippen molar-refractivity contribution in [1.29, 1.82) is 0 Å². The van der Waals surface area contributed by atoms with Crippen LogP contribution in [0.2, 0.25) is 0 Å². The predicted octanol–water partition coefficient (Wildman–Crippen LogP) is 3.87. The van der Waals surface area contributed by atoms with E-state index in [4.69, 9.17) is 4.74 Å². The molecule has 0 aliphatic heterocycles. The number of carbonyl (C=O) groups is 1. The molecule has 7 heteroatoms. The van der Waals surface area contributed by atoms with Crippen molar-refractivity contribution < 1.29 is 22.7 Å². The van der Waals surface area contributed by atoms with Crippen molar-refractivity contribution >= 4 is 11.6 Å². The van der Waals surface area contributed by atoms with Crippen molar-refractivity contribution in [3.63, 3.8) is 0 Å². The van der Waals surface area contributed by atoms with Gasteiger partial charge in [0.25, 0.3) is 0 Å². The van der Waals surface area contributed by atoms with E-state index in [0.717, 1.165) is 17.4 Å². The molecule has 0 radical (unpaired) electrons. The zero-order valence-corrected chi connectivity index (χ0v) is 14.4. The maximum Gasteiger partial charge on any atom is 0.418 e. The summed E-state index contributed by atoms with van der Waals surface area (Å²) >= 11 is 0. The highest BCUT2D eigenvalue weighted by Gasteiger charge is 2.32. The van der Waals surface area contributed by atoms with E-state index in [2.05, 4.69) is 10.6 Å². The van der Waals surface area contributed by atoms with Crippen LogP contribution in [0.15, 0.2) is 48.5 Å². The van der Waals surface area contributed by atoms with E-state index in [-0.39, 0.29) is 24.6 Å². The molecule has 0 aromatic heterocycles. The molecule has 4 nitrogen and oxygen atoms in total. The van der Waals surface area contributed by atoms with Gasteiger partial charge < -0.3 is 15.4 Å². The van der Waals surface area contributed by atoms with Crippen LogP contribution in [0.5, 0.6) is 5.75 Å². The predicted molar refractivity (Wildman–Crippen MR) is 94.3 cm³/mol. The number of nitrogens with one attached hydrogen (secondary N) is 2.